The maximum Gasteiger partial charge on any atom is 0.260 e. The van der Waals surface area contributed by atoms with Gasteiger partial charge in [0.1, 0.15) is 5.75 Å². The molecule has 0 aliphatic heterocycles. The minimum absolute atomic E-state index is 0.0242. The zero-order chi connectivity index (χ0) is 14.5. The molecule has 5 heteroatoms. The average Bonchev–Trinajstić information content (AvgIpc) is 2.46. The number of benzene rings is 1. The van der Waals surface area contributed by atoms with Gasteiger partial charge in [0, 0.05) is 12.7 Å². The van der Waals surface area contributed by atoms with E-state index in [9.17, 15) is 9.90 Å². The van der Waals surface area contributed by atoms with Gasteiger partial charge in [0.05, 0.1) is 12.1 Å². The predicted octanol–water partition coefficient (Wildman–Crippen LogP) is 1.41. The molecule has 20 heavy (non-hydrogen) atoms. The first-order chi connectivity index (χ1) is 9.58. The average molecular weight is 278 g/mol. The molecule has 1 aromatic rings. The summed E-state index contributed by atoms with van der Waals surface area (Å²) >= 11 is 0. The molecule has 0 spiro atoms. The molecular weight excluding hydrogens is 256 g/mol. The first-order valence-corrected chi connectivity index (χ1v) is 7.00. The van der Waals surface area contributed by atoms with Crippen molar-refractivity contribution >= 4 is 11.6 Å². The Labute approximate surface area is 119 Å². The fourth-order valence-corrected chi connectivity index (χ4v) is 2.54. The van der Waals surface area contributed by atoms with Gasteiger partial charge in [-0.1, -0.05) is 12.8 Å². The first kappa shape index (κ1) is 14.7. The summed E-state index contributed by atoms with van der Waals surface area (Å²) < 4.78 is 5.44. The van der Waals surface area contributed by atoms with E-state index in [1.54, 1.807) is 36.2 Å². The molecule has 0 heterocycles. The van der Waals surface area contributed by atoms with E-state index in [1.165, 1.54) is 0 Å². The van der Waals surface area contributed by atoms with E-state index < -0.39 is 6.10 Å². The predicted molar refractivity (Wildman–Crippen MR) is 77.4 cm³/mol. The molecule has 0 saturated heterocycles. The van der Waals surface area contributed by atoms with Crippen molar-refractivity contribution in [3.63, 3.8) is 0 Å². The number of amides is 1. The minimum atomic E-state index is -0.422. The molecule has 1 fully saturated rings. The number of nitrogens with zero attached hydrogens (tertiary/aromatic N) is 1. The second kappa shape index (κ2) is 6.61. The molecule has 0 bridgehead atoms. The molecule has 5 nitrogen and oxygen atoms in total. The van der Waals surface area contributed by atoms with Gasteiger partial charge >= 0.3 is 0 Å². The number of rotatable bonds is 4. The highest BCUT2D eigenvalue weighted by molar-refractivity contribution is 5.77. The molecule has 1 aromatic carbocycles. The molecular formula is C15H22N2O3. The summed E-state index contributed by atoms with van der Waals surface area (Å²) in [6.45, 7) is -0.0242. The van der Waals surface area contributed by atoms with Gasteiger partial charge < -0.3 is 20.5 Å². The van der Waals surface area contributed by atoms with Crippen molar-refractivity contribution in [2.24, 2.45) is 0 Å². The fraction of sp³-hybridized carbons (Fsp3) is 0.533. The normalized spacial score (nSPS) is 22.3. The van der Waals surface area contributed by atoms with Crippen LogP contribution in [0.4, 0.5) is 5.69 Å². The lowest BCUT2D eigenvalue weighted by atomic mass is 9.91. The number of ether oxygens (including phenoxy) is 1. The van der Waals surface area contributed by atoms with Crippen molar-refractivity contribution < 1.29 is 14.6 Å². The summed E-state index contributed by atoms with van der Waals surface area (Å²) in [5, 5.41) is 9.96. The van der Waals surface area contributed by atoms with Crippen LogP contribution in [-0.2, 0) is 4.79 Å². The highest BCUT2D eigenvalue weighted by atomic mass is 16.5. The lowest BCUT2D eigenvalue weighted by Crippen LogP contribution is -2.47. The van der Waals surface area contributed by atoms with E-state index in [0.29, 0.717) is 11.4 Å². The molecule has 0 radical (unpaired) electrons. The second-order valence-electron chi connectivity index (χ2n) is 5.28. The zero-order valence-electron chi connectivity index (χ0n) is 11.8. The van der Waals surface area contributed by atoms with E-state index in [2.05, 4.69) is 0 Å². The molecule has 1 aliphatic carbocycles. The van der Waals surface area contributed by atoms with Crippen molar-refractivity contribution in [2.75, 3.05) is 19.4 Å². The topological polar surface area (TPSA) is 75.8 Å². The Morgan fingerprint density at radius 3 is 2.65 bits per heavy atom. The van der Waals surface area contributed by atoms with Crippen LogP contribution in [0.25, 0.3) is 0 Å². The Balaban J connectivity index is 1.86. The summed E-state index contributed by atoms with van der Waals surface area (Å²) in [5.41, 5.74) is 6.24. The second-order valence-corrected chi connectivity index (χ2v) is 5.28. The molecule has 3 N–H and O–H groups in total. The summed E-state index contributed by atoms with van der Waals surface area (Å²) in [4.78, 5) is 13.7. The molecule has 2 rings (SSSR count). The van der Waals surface area contributed by atoms with Crippen LogP contribution in [-0.4, -0.2) is 41.7 Å². The van der Waals surface area contributed by atoms with Gasteiger partial charge in [-0.25, -0.2) is 0 Å². The molecule has 1 amide bonds. The fourth-order valence-electron chi connectivity index (χ4n) is 2.54. The van der Waals surface area contributed by atoms with Crippen molar-refractivity contribution in [2.45, 2.75) is 37.8 Å². The number of aliphatic hydroxyl groups is 1. The summed E-state index contributed by atoms with van der Waals surface area (Å²) in [6, 6.07) is 6.84. The van der Waals surface area contributed by atoms with Crippen molar-refractivity contribution in [3.05, 3.63) is 24.3 Å². The Hall–Kier alpha value is -1.75. The van der Waals surface area contributed by atoms with Crippen LogP contribution < -0.4 is 10.5 Å². The van der Waals surface area contributed by atoms with E-state index in [-0.39, 0.29) is 18.6 Å². The highest BCUT2D eigenvalue weighted by Gasteiger charge is 2.29. The molecule has 2 unspecified atom stereocenters. The third kappa shape index (κ3) is 3.63. The highest BCUT2D eigenvalue weighted by Crippen LogP contribution is 2.22. The van der Waals surface area contributed by atoms with E-state index in [0.717, 1.165) is 25.7 Å². The quantitative estimate of drug-likeness (QED) is 0.817. The lowest BCUT2D eigenvalue weighted by molar-refractivity contribution is -0.137. The van der Waals surface area contributed by atoms with Gasteiger partial charge in [-0.2, -0.15) is 0 Å². The number of nitrogen functional groups attached to an aromatic ring is 1. The standard InChI is InChI=1S/C15H22N2O3/c1-17(13-4-2-3-5-14(13)18)15(19)10-20-12-8-6-11(16)7-9-12/h6-9,13-14,18H,2-5,10,16H2,1H3. The Morgan fingerprint density at radius 2 is 2.00 bits per heavy atom. The van der Waals surface area contributed by atoms with Gasteiger partial charge in [-0.3, -0.25) is 4.79 Å². The van der Waals surface area contributed by atoms with Crippen LogP contribution in [0.5, 0.6) is 5.75 Å². The Bertz CT molecular complexity index is 447. The first-order valence-electron chi connectivity index (χ1n) is 7.00. The third-order valence-electron chi connectivity index (χ3n) is 3.83. The number of hydrogen-bond acceptors (Lipinski definition) is 4. The summed E-state index contributed by atoms with van der Waals surface area (Å²) in [6.07, 6.45) is 3.28. The number of hydrogen-bond donors (Lipinski definition) is 2. The lowest BCUT2D eigenvalue weighted by Gasteiger charge is -2.35. The number of carbonyl (C=O) groups is 1. The van der Waals surface area contributed by atoms with E-state index >= 15 is 0 Å². The number of carbonyl (C=O) groups excluding carboxylic acids is 1. The van der Waals surface area contributed by atoms with Gasteiger partial charge in [0.15, 0.2) is 6.61 Å². The van der Waals surface area contributed by atoms with Crippen LogP contribution in [0.15, 0.2) is 24.3 Å². The maximum absolute atomic E-state index is 12.1. The number of anilines is 1. The van der Waals surface area contributed by atoms with Crippen molar-refractivity contribution in [1.82, 2.24) is 4.90 Å². The molecule has 0 aromatic heterocycles. The van der Waals surface area contributed by atoms with Crippen LogP contribution in [0.3, 0.4) is 0 Å². The number of aliphatic hydroxyl groups excluding tert-OH is 1. The van der Waals surface area contributed by atoms with Gasteiger partial charge in [-0.15, -0.1) is 0 Å². The largest absolute Gasteiger partial charge is 0.484 e. The van der Waals surface area contributed by atoms with E-state index in [1.807, 2.05) is 0 Å². The van der Waals surface area contributed by atoms with Crippen molar-refractivity contribution in [1.29, 1.82) is 0 Å². The van der Waals surface area contributed by atoms with E-state index in [4.69, 9.17) is 10.5 Å². The monoisotopic (exact) mass is 278 g/mol. The van der Waals surface area contributed by atoms with Crippen LogP contribution >= 0.6 is 0 Å². The van der Waals surface area contributed by atoms with Crippen molar-refractivity contribution in [3.8, 4) is 5.75 Å². The third-order valence-corrected chi connectivity index (χ3v) is 3.83. The summed E-state index contributed by atoms with van der Waals surface area (Å²) in [5.74, 6) is 0.498. The smallest absolute Gasteiger partial charge is 0.260 e. The molecule has 1 aliphatic rings. The van der Waals surface area contributed by atoms with Gasteiger partial charge in [-0.05, 0) is 37.1 Å². The number of likely N-dealkylation sites (N-methyl/N-ethyl adjacent to an activating group) is 1. The summed E-state index contributed by atoms with van der Waals surface area (Å²) in [7, 11) is 1.73. The zero-order valence-corrected chi connectivity index (χ0v) is 11.8. The Morgan fingerprint density at radius 1 is 1.35 bits per heavy atom. The molecule has 2 atom stereocenters. The van der Waals surface area contributed by atoms with Crippen LogP contribution in [0.2, 0.25) is 0 Å². The molecule has 110 valence electrons. The Kier molecular flexibility index (Phi) is 4.84. The SMILES string of the molecule is CN(C(=O)COc1ccc(N)cc1)C1CCCCC1O. The van der Waals surface area contributed by atoms with Gasteiger partial charge in [0.2, 0.25) is 0 Å². The van der Waals surface area contributed by atoms with Crippen LogP contribution in [0.1, 0.15) is 25.7 Å². The maximum atomic E-state index is 12.1. The van der Waals surface area contributed by atoms with Crippen LogP contribution in [0, 0.1) is 0 Å². The molecule has 1 saturated carbocycles. The van der Waals surface area contributed by atoms with Gasteiger partial charge in [0.25, 0.3) is 5.91 Å². The number of nitrogens with two attached hydrogens (primary N) is 1. The minimum Gasteiger partial charge on any atom is -0.484 e.